The molecule has 6 nitrogen and oxygen atoms in total. The summed E-state index contributed by atoms with van der Waals surface area (Å²) in [5, 5.41) is 0.0766. The van der Waals surface area contributed by atoms with E-state index in [0.717, 1.165) is 23.1 Å². The summed E-state index contributed by atoms with van der Waals surface area (Å²) in [6.07, 6.45) is 1.78. The van der Waals surface area contributed by atoms with Crippen LogP contribution in [0.2, 0.25) is 5.02 Å². The Kier molecular flexibility index (Phi) is 5.43. The molecule has 0 atom stereocenters. The second-order valence-electron chi connectivity index (χ2n) is 6.80. The van der Waals surface area contributed by atoms with Crippen LogP contribution >= 0.6 is 23.4 Å². The van der Waals surface area contributed by atoms with Gasteiger partial charge in [-0.05, 0) is 61.0 Å². The zero-order valence-corrected chi connectivity index (χ0v) is 17.4. The van der Waals surface area contributed by atoms with Crippen LogP contribution in [0, 0.1) is 0 Å². The van der Waals surface area contributed by atoms with E-state index < -0.39 is 0 Å². The lowest BCUT2D eigenvalue weighted by Gasteiger charge is -2.14. The lowest BCUT2D eigenvalue weighted by atomic mass is 10.1. The van der Waals surface area contributed by atoms with E-state index in [0.29, 0.717) is 27.0 Å². The average Bonchev–Trinajstić information content (AvgIpc) is 3.22. The van der Waals surface area contributed by atoms with Gasteiger partial charge in [0.1, 0.15) is 5.75 Å². The minimum atomic E-state index is -0.351. The first-order chi connectivity index (χ1) is 13.9. The molecule has 29 heavy (non-hydrogen) atoms. The first-order valence-electron chi connectivity index (χ1n) is 9.01. The summed E-state index contributed by atoms with van der Waals surface area (Å²) in [6, 6.07) is 10.7. The summed E-state index contributed by atoms with van der Waals surface area (Å²) < 4.78 is 16.2. The molecular weight excluding hydrogens is 414 g/mol. The second-order valence-corrected chi connectivity index (χ2v) is 8.20. The van der Waals surface area contributed by atoms with Gasteiger partial charge in [-0.15, -0.1) is 0 Å². The highest BCUT2D eigenvalue weighted by Crippen LogP contribution is 2.39. The largest absolute Gasteiger partial charge is 0.491 e. The van der Waals surface area contributed by atoms with Crippen LogP contribution in [0.25, 0.3) is 6.08 Å². The van der Waals surface area contributed by atoms with Gasteiger partial charge in [-0.1, -0.05) is 23.7 Å². The Hall–Kier alpha value is -2.64. The van der Waals surface area contributed by atoms with E-state index in [1.807, 2.05) is 38.1 Å². The highest BCUT2D eigenvalue weighted by atomic mass is 35.5. The zero-order valence-electron chi connectivity index (χ0n) is 15.8. The van der Waals surface area contributed by atoms with Crippen molar-refractivity contribution in [2.24, 2.45) is 0 Å². The number of imide groups is 1. The van der Waals surface area contributed by atoms with Crippen molar-refractivity contribution in [3.63, 3.8) is 0 Å². The van der Waals surface area contributed by atoms with E-state index in [1.165, 1.54) is 4.90 Å². The predicted molar refractivity (Wildman–Crippen MR) is 111 cm³/mol. The monoisotopic (exact) mass is 431 g/mol. The van der Waals surface area contributed by atoms with Gasteiger partial charge < -0.3 is 14.2 Å². The van der Waals surface area contributed by atoms with Crippen molar-refractivity contribution >= 4 is 40.6 Å². The van der Waals surface area contributed by atoms with Crippen molar-refractivity contribution in [2.75, 3.05) is 6.79 Å². The summed E-state index contributed by atoms with van der Waals surface area (Å²) in [7, 11) is 0. The van der Waals surface area contributed by atoms with E-state index in [9.17, 15) is 9.59 Å². The third-order valence-corrected chi connectivity index (χ3v) is 5.55. The fourth-order valence-corrected chi connectivity index (χ4v) is 4.00. The van der Waals surface area contributed by atoms with Gasteiger partial charge >= 0.3 is 0 Å². The first-order valence-corrected chi connectivity index (χ1v) is 10.2. The first kappa shape index (κ1) is 19.7. The van der Waals surface area contributed by atoms with E-state index in [-0.39, 0.29) is 30.6 Å². The minimum absolute atomic E-state index is 0.0681. The molecule has 2 aromatic carbocycles. The Morgan fingerprint density at radius 1 is 1.17 bits per heavy atom. The Morgan fingerprint density at radius 3 is 2.55 bits per heavy atom. The van der Waals surface area contributed by atoms with Crippen molar-refractivity contribution in [2.45, 2.75) is 26.5 Å². The number of fused-ring (bicyclic) bond motifs is 1. The Balaban J connectivity index is 1.51. The third kappa shape index (κ3) is 4.21. The maximum absolute atomic E-state index is 12.8. The van der Waals surface area contributed by atoms with Crippen molar-refractivity contribution < 1.29 is 23.8 Å². The quantitative estimate of drug-likeness (QED) is 0.614. The Morgan fingerprint density at radius 2 is 1.86 bits per heavy atom. The van der Waals surface area contributed by atoms with Crippen molar-refractivity contribution in [1.82, 2.24) is 4.90 Å². The lowest BCUT2D eigenvalue weighted by molar-refractivity contribution is -0.123. The van der Waals surface area contributed by atoms with Crippen LogP contribution in [0.3, 0.4) is 0 Å². The van der Waals surface area contributed by atoms with Gasteiger partial charge in [-0.25, -0.2) is 0 Å². The molecule has 2 amide bonds. The number of carbonyl (C=O) groups is 2. The predicted octanol–water partition coefficient (Wildman–Crippen LogP) is 5.09. The van der Waals surface area contributed by atoms with Gasteiger partial charge in [0.25, 0.3) is 11.1 Å². The molecule has 0 spiro atoms. The highest BCUT2D eigenvalue weighted by molar-refractivity contribution is 8.18. The molecule has 1 saturated heterocycles. The SMILES string of the molecule is CC(C)Oc1ccc(/C=C2\SC(=O)N(Cc3cc4c(cc3Cl)OCO4)C2=O)cc1. The summed E-state index contributed by atoms with van der Waals surface area (Å²) >= 11 is 7.19. The number of hydrogen-bond donors (Lipinski definition) is 0. The molecule has 4 rings (SSSR count). The summed E-state index contributed by atoms with van der Waals surface area (Å²) in [4.78, 5) is 26.7. The van der Waals surface area contributed by atoms with Gasteiger partial charge in [-0.3, -0.25) is 14.5 Å². The number of amides is 2. The van der Waals surface area contributed by atoms with E-state index >= 15 is 0 Å². The molecule has 2 aliphatic heterocycles. The average molecular weight is 432 g/mol. The number of hydrogen-bond acceptors (Lipinski definition) is 6. The molecule has 2 heterocycles. The molecule has 0 radical (unpaired) electrons. The number of carbonyl (C=O) groups excluding carboxylic acids is 2. The normalized spacial score (nSPS) is 17.0. The van der Waals surface area contributed by atoms with E-state index in [4.69, 9.17) is 25.8 Å². The van der Waals surface area contributed by atoms with Crippen molar-refractivity contribution in [3.8, 4) is 17.2 Å². The summed E-state index contributed by atoms with van der Waals surface area (Å²) in [6.45, 7) is 4.10. The number of ether oxygens (including phenoxy) is 3. The molecule has 1 fully saturated rings. The van der Waals surface area contributed by atoms with Crippen LogP contribution in [0.5, 0.6) is 17.2 Å². The van der Waals surface area contributed by atoms with Crippen LogP contribution in [-0.2, 0) is 11.3 Å². The zero-order chi connectivity index (χ0) is 20.5. The molecule has 0 saturated carbocycles. The van der Waals surface area contributed by atoms with E-state index in [1.54, 1.807) is 18.2 Å². The molecule has 0 bridgehead atoms. The number of thioether (sulfide) groups is 1. The number of halogens is 1. The van der Waals surface area contributed by atoms with Crippen LogP contribution in [0.4, 0.5) is 4.79 Å². The fraction of sp³-hybridized carbons (Fsp3) is 0.238. The Bertz CT molecular complexity index is 1000. The van der Waals surface area contributed by atoms with E-state index in [2.05, 4.69) is 0 Å². The third-order valence-electron chi connectivity index (χ3n) is 4.29. The number of benzene rings is 2. The molecule has 0 aromatic heterocycles. The molecular formula is C21H18ClNO5S. The maximum atomic E-state index is 12.8. The molecule has 0 aliphatic carbocycles. The van der Waals surface area contributed by atoms with Crippen molar-refractivity contribution in [1.29, 1.82) is 0 Å². The lowest BCUT2D eigenvalue weighted by Crippen LogP contribution is -2.27. The summed E-state index contributed by atoms with van der Waals surface area (Å²) in [5.41, 5.74) is 1.43. The molecule has 8 heteroatoms. The molecule has 2 aromatic rings. The Labute approximate surface area is 177 Å². The standard InChI is InChI=1S/C21H18ClNO5S/c1-12(2)28-15-5-3-13(4-6-15)7-19-20(24)23(21(25)29-19)10-14-8-17-18(9-16(14)22)27-11-26-17/h3-9,12H,10-11H2,1-2H3/b19-7-. The molecule has 0 unspecified atom stereocenters. The topological polar surface area (TPSA) is 65.1 Å². The minimum Gasteiger partial charge on any atom is -0.491 e. The van der Waals surface area contributed by atoms with Gasteiger partial charge in [-0.2, -0.15) is 0 Å². The summed E-state index contributed by atoms with van der Waals surface area (Å²) in [5.74, 6) is 1.51. The molecule has 2 aliphatic rings. The van der Waals surface area contributed by atoms with Crippen LogP contribution in [0.15, 0.2) is 41.3 Å². The fourth-order valence-electron chi connectivity index (χ4n) is 2.95. The van der Waals surface area contributed by atoms with Crippen LogP contribution in [-0.4, -0.2) is 28.9 Å². The highest BCUT2D eigenvalue weighted by Gasteiger charge is 2.35. The van der Waals surface area contributed by atoms with Crippen LogP contribution in [0.1, 0.15) is 25.0 Å². The van der Waals surface area contributed by atoms with Gasteiger partial charge in [0.05, 0.1) is 17.6 Å². The smallest absolute Gasteiger partial charge is 0.293 e. The van der Waals surface area contributed by atoms with Gasteiger partial charge in [0, 0.05) is 11.1 Å². The maximum Gasteiger partial charge on any atom is 0.293 e. The van der Waals surface area contributed by atoms with Gasteiger partial charge in [0.2, 0.25) is 6.79 Å². The van der Waals surface area contributed by atoms with Crippen LogP contribution < -0.4 is 14.2 Å². The molecule has 150 valence electrons. The number of rotatable bonds is 5. The van der Waals surface area contributed by atoms with Crippen molar-refractivity contribution in [3.05, 3.63) is 57.5 Å². The van der Waals surface area contributed by atoms with Gasteiger partial charge in [0.15, 0.2) is 11.5 Å². The molecule has 0 N–H and O–H groups in total. The second kappa shape index (κ2) is 8.00. The number of nitrogens with zero attached hydrogens (tertiary/aromatic N) is 1.